The average Bonchev–Trinajstić information content (AvgIpc) is 2.67. The molecular weight excluding hydrogens is 338 g/mol. The lowest BCUT2D eigenvalue weighted by Crippen LogP contribution is -2.14. The van der Waals surface area contributed by atoms with Crippen molar-refractivity contribution in [3.8, 4) is 6.07 Å². The molecule has 1 heterocycles. The lowest BCUT2D eigenvalue weighted by atomic mass is 10.1. The number of thiophene rings is 1. The van der Waals surface area contributed by atoms with Crippen molar-refractivity contribution in [2.24, 2.45) is 0 Å². The Bertz CT molecular complexity index is 731. The van der Waals surface area contributed by atoms with Gasteiger partial charge in [-0.25, -0.2) is 0 Å². The fourth-order valence-electron chi connectivity index (χ4n) is 1.75. The Morgan fingerprint density at radius 2 is 2.15 bits per heavy atom. The van der Waals surface area contributed by atoms with E-state index in [0.29, 0.717) is 21.8 Å². The van der Waals surface area contributed by atoms with Crippen LogP contribution in [0.2, 0.25) is 0 Å². The Labute approximate surface area is 129 Å². The molecule has 0 spiro atoms. The minimum absolute atomic E-state index is 0.318. The molecule has 0 saturated carbocycles. The van der Waals surface area contributed by atoms with Crippen LogP contribution >= 0.6 is 27.3 Å². The molecule has 4 nitrogen and oxygen atoms in total. The third kappa shape index (κ3) is 2.69. The maximum atomic E-state index is 12.3. The van der Waals surface area contributed by atoms with Crippen LogP contribution in [0.1, 0.15) is 26.4 Å². The Morgan fingerprint density at radius 3 is 2.80 bits per heavy atom. The van der Waals surface area contributed by atoms with Crippen LogP contribution < -0.4 is 11.1 Å². The number of amides is 1. The standard InChI is InChI=1S/C14H12BrN3OS/c1-7-8(2)20-14(11(7)6-16)18-13(19)10-5-9(15)3-4-12(10)17/h3-5H,17H2,1-2H3,(H,18,19). The summed E-state index contributed by atoms with van der Waals surface area (Å²) in [6, 6.07) is 7.21. The number of carbonyl (C=O) groups excluding carboxylic acids is 1. The van der Waals surface area contributed by atoms with Gasteiger partial charge in [0, 0.05) is 15.0 Å². The first-order valence-electron chi connectivity index (χ1n) is 5.80. The zero-order valence-electron chi connectivity index (χ0n) is 11.0. The van der Waals surface area contributed by atoms with Gasteiger partial charge in [0.05, 0.1) is 11.1 Å². The molecule has 1 aromatic heterocycles. The second kappa shape index (κ2) is 5.65. The predicted octanol–water partition coefficient (Wildman–Crippen LogP) is 3.83. The van der Waals surface area contributed by atoms with E-state index in [1.165, 1.54) is 11.3 Å². The summed E-state index contributed by atoms with van der Waals surface area (Å²) < 4.78 is 0.774. The van der Waals surface area contributed by atoms with Crippen LogP contribution in [0.15, 0.2) is 22.7 Å². The molecule has 0 aliphatic heterocycles. The summed E-state index contributed by atoms with van der Waals surface area (Å²) in [7, 11) is 0. The fraction of sp³-hybridized carbons (Fsp3) is 0.143. The molecule has 0 aliphatic rings. The number of benzene rings is 1. The highest BCUT2D eigenvalue weighted by Crippen LogP contribution is 2.32. The van der Waals surface area contributed by atoms with Gasteiger partial charge in [0.2, 0.25) is 0 Å². The second-order valence-corrected chi connectivity index (χ2v) is 6.43. The number of halogens is 1. The smallest absolute Gasteiger partial charge is 0.258 e. The molecule has 0 unspecified atom stereocenters. The van der Waals surface area contributed by atoms with E-state index >= 15 is 0 Å². The molecule has 0 saturated heterocycles. The first-order valence-corrected chi connectivity index (χ1v) is 7.41. The maximum absolute atomic E-state index is 12.3. The number of hydrogen-bond donors (Lipinski definition) is 2. The number of anilines is 2. The summed E-state index contributed by atoms with van der Waals surface area (Å²) in [6.45, 7) is 3.79. The number of nitrogen functional groups attached to an aromatic ring is 1. The minimum atomic E-state index is -0.318. The van der Waals surface area contributed by atoms with Crippen LogP contribution in [0, 0.1) is 25.2 Å². The number of aryl methyl sites for hydroxylation is 1. The van der Waals surface area contributed by atoms with E-state index in [0.717, 1.165) is 14.9 Å². The van der Waals surface area contributed by atoms with Crippen LogP contribution in [-0.2, 0) is 0 Å². The van der Waals surface area contributed by atoms with Crippen molar-refractivity contribution in [2.45, 2.75) is 13.8 Å². The number of nitrogens with one attached hydrogen (secondary N) is 1. The summed E-state index contributed by atoms with van der Waals surface area (Å²) in [6.07, 6.45) is 0. The van der Waals surface area contributed by atoms with Crippen LogP contribution in [0.3, 0.4) is 0 Å². The minimum Gasteiger partial charge on any atom is -0.398 e. The van der Waals surface area contributed by atoms with Crippen LogP contribution in [0.25, 0.3) is 0 Å². The van der Waals surface area contributed by atoms with Crippen LogP contribution in [0.5, 0.6) is 0 Å². The number of nitrogens with two attached hydrogens (primary N) is 1. The van der Waals surface area contributed by atoms with Gasteiger partial charge in [-0.05, 0) is 37.6 Å². The monoisotopic (exact) mass is 349 g/mol. The van der Waals surface area contributed by atoms with Crippen molar-refractivity contribution in [3.05, 3.63) is 44.2 Å². The van der Waals surface area contributed by atoms with Crippen molar-refractivity contribution in [1.29, 1.82) is 5.26 Å². The SMILES string of the molecule is Cc1sc(NC(=O)c2cc(Br)ccc2N)c(C#N)c1C. The van der Waals surface area contributed by atoms with E-state index in [-0.39, 0.29) is 5.91 Å². The van der Waals surface area contributed by atoms with Crippen molar-refractivity contribution in [2.75, 3.05) is 11.1 Å². The molecule has 0 radical (unpaired) electrons. The van der Waals surface area contributed by atoms with Crippen molar-refractivity contribution < 1.29 is 4.79 Å². The normalized spacial score (nSPS) is 10.1. The third-order valence-corrected chi connectivity index (χ3v) is 4.60. The molecule has 20 heavy (non-hydrogen) atoms. The molecule has 0 fully saturated rings. The van der Waals surface area contributed by atoms with Gasteiger partial charge in [0.15, 0.2) is 0 Å². The fourth-order valence-corrected chi connectivity index (χ4v) is 3.11. The maximum Gasteiger partial charge on any atom is 0.258 e. The molecule has 6 heteroatoms. The van der Waals surface area contributed by atoms with Gasteiger partial charge in [-0.1, -0.05) is 15.9 Å². The predicted molar refractivity (Wildman–Crippen MR) is 85.0 cm³/mol. The largest absolute Gasteiger partial charge is 0.398 e. The first kappa shape index (κ1) is 14.6. The van der Waals surface area contributed by atoms with Gasteiger partial charge in [-0.15, -0.1) is 11.3 Å². The van der Waals surface area contributed by atoms with Gasteiger partial charge >= 0.3 is 0 Å². The quantitative estimate of drug-likeness (QED) is 0.808. The number of carbonyl (C=O) groups is 1. The van der Waals surface area contributed by atoms with Gasteiger partial charge in [-0.2, -0.15) is 5.26 Å². The Kier molecular flexibility index (Phi) is 4.12. The number of nitriles is 1. The molecule has 0 bridgehead atoms. The van der Waals surface area contributed by atoms with Crippen LogP contribution in [0.4, 0.5) is 10.7 Å². The van der Waals surface area contributed by atoms with Gasteiger partial charge in [0.25, 0.3) is 5.91 Å². The van der Waals surface area contributed by atoms with E-state index in [4.69, 9.17) is 11.0 Å². The van der Waals surface area contributed by atoms with Crippen molar-refractivity contribution >= 4 is 43.9 Å². The summed E-state index contributed by atoms with van der Waals surface area (Å²) in [5.74, 6) is -0.318. The van der Waals surface area contributed by atoms with Gasteiger partial charge in [0.1, 0.15) is 11.1 Å². The van der Waals surface area contributed by atoms with Crippen molar-refractivity contribution in [3.63, 3.8) is 0 Å². The van der Waals surface area contributed by atoms with E-state index in [9.17, 15) is 4.79 Å². The Balaban J connectivity index is 2.36. The molecular formula is C14H12BrN3OS. The third-order valence-electron chi connectivity index (χ3n) is 2.98. The summed E-state index contributed by atoms with van der Waals surface area (Å²) in [5.41, 5.74) is 7.99. The highest BCUT2D eigenvalue weighted by atomic mass is 79.9. The molecule has 3 N–H and O–H groups in total. The lowest BCUT2D eigenvalue weighted by molar-refractivity contribution is 0.102. The number of hydrogen-bond acceptors (Lipinski definition) is 4. The van der Waals surface area contributed by atoms with E-state index in [1.54, 1.807) is 18.2 Å². The van der Waals surface area contributed by atoms with Crippen molar-refractivity contribution in [1.82, 2.24) is 0 Å². The van der Waals surface area contributed by atoms with Gasteiger partial charge < -0.3 is 11.1 Å². The van der Waals surface area contributed by atoms with E-state index < -0.39 is 0 Å². The highest BCUT2D eigenvalue weighted by Gasteiger charge is 2.17. The molecule has 0 atom stereocenters. The van der Waals surface area contributed by atoms with Gasteiger partial charge in [-0.3, -0.25) is 4.79 Å². The average molecular weight is 350 g/mol. The van der Waals surface area contributed by atoms with E-state index in [2.05, 4.69) is 27.3 Å². The number of rotatable bonds is 2. The first-order chi connectivity index (χ1) is 9.43. The Hall–Kier alpha value is -1.84. The zero-order valence-corrected chi connectivity index (χ0v) is 13.4. The summed E-state index contributed by atoms with van der Waals surface area (Å²) >= 11 is 4.70. The molecule has 2 rings (SSSR count). The molecule has 1 amide bonds. The molecule has 1 aromatic carbocycles. The molecule has 2 aromatic rings. The van der Waals surface area contributed by atoms with E-state index in [1.807, 2.05) is 13.8 Å². The van der Waals surface area contributed by atoms with Crippen LogP contribution in [-0.4, -0.2) is 5.91 Å². The molecule has 102 valence electrons. The number of nitrogens with zero attached hydrogens (tertiary/aromatic N) is 1. The second-order valence-electron chi connectivity index (χ2n) is 4.28. The summed E-state index contributed by atoms with van der Waals surface area (Å²) in [4.78, 5) is 13.3. The Morgan fingerprint density at radius 1 is 1.45 bits per heavy atom. The topological polar surface area (TPSA) is 78.9 Å². The molecule has 0 aliphatic carbocycles. The summed E-state index contributed by atoms with van der Waals surface area (Å²) in [5, 5.41) is 12.5. The highest BCUT2D eigenvalue weighted by molar-refractivity contribution is 9.10. The lowest BCUT2D eigenvalue weighted by Gasteiger charge is -2.07. The zero-order chi connectivity index (χ0) is 14.9.